The average Bonchev–Trinajstić information content (AvgIpc) is 2.76. The van der Waals surface area contributed by atoms with E-state index in [0.29, 0.717) is 46.9 Å². The molecule has 2 aromatic carbocycles. The zero-order valence-corrected chi connectivity index (χ0v) is 19.4. The highest BCUT2D eigenvalue weighted by molar-refractivity contribution is 7.90. The monoisotopic (exact) mass is 466 g/mol. The first-order valence-corrected chi connectivity index (χ1v) is 12.6. The Morgan fingerprint density at radius 2 is 1.94 bits per heavy atom. The quantitative estimate of drug-likeness (QED) is 0.606. The Bertz CT molecular complexity index is 1350. The minimum atomic E-state index is -4.11. The summed E-state index contributed by atoms with van der Waals surface area (Å²) in [6.07, 6.45) is 3.71. The molecule has 8 heteroatoms. The van der Waals surface area contributed by atoms with Gasteiger partial charge in [0, 0.05) is 16.6 Å². The number of benzene rings is 2. The molecule has 0 saturated heterocycles. The summed E-state index contributed by atoms with van der Waals surface area (Å²) in [5.74, 6) is 0.346. The maximum Gasteiger partial charge on any atom is 0.264 e. The molecule has 1 N–H and O–H groups in total. The standard InChI is InChI=1S/C25H26N2O5S/c1-15-9-10-18-20(26-15)7-4-8-22(18)33(29,30)27-25(28)19-13-14-32-24-17(16-5-3-6-16)11-12-21(31-2)23(19)24/h4,7-12,16,19H,3,5-6,13-14H2,1-2H3,(H,27,28)/t19-/m1/s1. The Labute approximate surface area is 193 Å². The van der Waals surface area contributed by atoms with Crippen molar-refractivity contribution in [1.82, 2.24) is 9.71 Å². The Morgan fingerprint density at radius 3 is 2.67 bits per heavy atom. The van der Waals surface area contributed by atoms with Crippen LogP contribution < -0.4 is 14.2 Å². The van der Waals surface area contributed by atoms with Gasteiger partial charge in [-0.25, -0.2) is 13.1 Å². The minimum absolute atomic E-state index is 0.0308. The van der Waals surface area contributed by atoms with Crippen LogP contribution in [0, 0.1) is 6.92 Å². The Morgan fingerprint density at radius 1 is 1.12 bits per heavy atom. The van der Waals surface area contributed by atoms with Crippen molar-refractivity contribution >= 4 is 26.8 Å². The van der Waals surface area contributed by atoms with Crippen molar-refractivity contribution in [1.29, 1.82) is 0 Å². The summed E-state index contributed by atoms with van der Waals surface area (Å²) in [6.45, 7) is 2.19. The largest absolute Gasteiger partial charge is 0.496 e. The van der Waals surface area contributed by atoms with Crippen LogP contribution in [-0.2, 0) is 14.8 Å². The number of nitrogens with zero attached hydrogens (tertiary/aromatic N) is 1. The van der Waals surface area contributed by atoms with Gasteiger partial charge in [-0.2, -0.15) is 0 Å². The van der Waals surface area contributed by atoms with Crippen molar-refractivity contribution < 1.29 is 22.7 Å². The molecule has 0 unspecified atom stereocenters. The van der Waals surface area contributed by atoms with Crippen molar-refractivity contribution in [2.75, 3.05) is 13.7 Å². The number of hydrogen-bond donors (Lipinski definition) is 1. The highest BCUT2D eigenvalue weighted by atomic mass is 32.2. The van der Waals surface area contributed by atoms with Gasteiger partial charge in [-0.1, -0.05) is 18.6 Å². The smallest absolute Gasteiger partial charge is 0.264 e. The molecule has 1 fully saturated rings. The second kappa shape index (κ2) is 8.33. The first-order chi connectivity index (χ1) is 15.9. The summed E-state index contributed by atoms with van der Waals surface area (Å²) in [7, 11) is -2.57. The fraction of sp³-hybridized carbons (Fsp3) is 0.360. The summed E-state index contributed by atoms with van der Waals surface area (Å²) < 4.78 is 40.4. The Balaban J connectivity index is 1.51. The molecule has 2 heterocycles. The molecule has 0 bridgehead atoms. The van der Waals surface area contributed by atoms with Crippen LogP contribution in [0.1, 0.15) is 54.3 Å². The van der Waals surface area contributed by atoms with E-state index in [2.05, 4.69) is 9.71 Å². The lowest BCUT2D eigenvalue weighted by Crippen LogP contribution is -2.37. The van der Waals surface area contributed by atoms with Crippen molar-refractivity contribution in [2.45, 2.75) is 49.3 Å². The number of aromatic nitrogens is 1. The SMILES string of the molecule is COc1ccc(C2CCC2)c2c1[C@H](C(=O)NS(=O)(=O)c1cccc3nc(C)ccc13)CCO2. The normalized spacial score (nSPS) is 18.2. The van der Waals surface area contributed by atoms with Crippen molar-refractivity contribution in [2.24, 2.45) is 0 Å². The molecule has 0 spiro atoms. The third kappa shape index (κ3) is 3.82. The lowest BCUT2D eigenvalue weighted by atomic mass is 9.77. The van der Waals surface area contributed by atoms with Crippen LogP contribution in [0.25, 0.3) is 10.9 Å². The molecular formula is C25H26N2O5S. The minimum Gasteiger partial charge on any atom is -0.496 e. The lowest BCUT2D eigenvalue weighted by Gasteiger charge is -2.33. The van der Waals surface area contributed by atoms with Crippen LogP contribution >= 0.6 is 0 Å². The molecule has 1 saturated carbocycles. The molecule has 1 amide bonds. The van der Waals surface area contributed by atoms with Gasteiger partial charge in [0.2, 0.25) is 5.91 Å². The van der Waals surface area contributed by atoms with Crippen LogP contribution in [0.5, 0.6) is 11.5 Å². The van der Waals surface area contributed by atoms with Crippen LogP contribution in [0.2, 0.25) is 0 Å². The maximum absolute atomic E-state index is 13.4. The molecule has 33 heavy (non-hydrogen) atoms. The number of nitrogens with one attached hydrogen (secondary N) is 1. The highest BCUT2D eigenvalue weighted by Crippen LogP contribution is 2.49. The van der Waals surface area contributed by atoms with E-state index < -0.39 is 21.8 Å². The van der Waals surface area contributed by atoms with Crippen LogP contribution in [-0.4, -0.2) is 33.0 Å². The third-order valence-electron chi connectivity index (χ3n) is 6.62. The molecule has 5 rings (SSSR count). The molecule has 1 atom stereocenters. The van der Waals surface area contributed by atoms with E-state index in [1.807, 2.05) is 19.1 Å². The molecule has 1 aromatic heterocycles. The third-order valence-corrected chi connectivity index (χ3v) is 8.03. The van der Waals surface area contributed by atoms with E-state index in [9.17, 15) is 13.2 Å². The summed E-state index contributed by atoms with van der Waals surface area (Å²) >= 11 is 0. The number of sulfonamides is 1. The number of methoxy groups -OCH3 is 1. The number of amides is 1. The topological polar surface area (TPSA) is 94.6 Å². The highest BCUT2D eigenvalue weighted by Gasteiger charge is 2.37. The summed E-state index contributed by atoms with van der Waals surface area (Å²) in [4.78, 5) is 17.8. The number of rotatable bonds is 5. The van der Waals surface area contributed by atoms with Gasteiger partial charge < -0.3 is 9.47 Å². The number of fused-ring (bicyclic) bond motifs is 2. The second-order valence-corrected chi connectivity index (χ2v) is 10.3. The molecule has 1 aliphatic heterocycles. The van der Waals surface area contributed by atoms with E-state index in [0.717, 1.165) is 24.1 Å². The van der Waals surface area contributed by atoms with Gasteiger partial charge in [0.15, 0.2) is 0 Å². The Hall–Kier alpha value is -3.13. The maximum atomic E-state index is 13.4. The van der Waals surface area contributed by atoms with Gasteiger partial charge in [-0.15, -0.1) is 0 Å². The second-order valence-electron chi connectivity index (χ2n) is 8.66. The first-order valence-electron chi connectivity index (χ1n) is 11.2. The van der Waals surface area contributed by atoms with Gasteiger partial charge in [-0.05, 0) is 68.0 Å². The zero-order valence-electron chi connectivity index (χ0n) is 18.6. The predicted octanol–water partition coefficient (Wildman–Crippen LogP) is 4.19. The fourth-order valence-corrected chi connectivity index (χ4v) is 5.95. The number of ether oxygens (including phenoxy) is 2. The predicted molar refractivity (Wildman–Crippen MR) is 124 cm³/mol. The van der Waals surface area contributed by atoms with Crippen molar-refractivity contribution in [3.63, 3.8) is 0 Å². The molecule has 1 aliphatic carbocycles. The van der Waals surface area contributed by atoms with Gasteiger partial charge in [0.1, 0.15) is 11.5 Å². The molecule has 7 nitrogen and oxygen atoms in total. The average molecular weight is 467 g/mol. The molecule has 2 aliphatic rings. The van der Waals surface area contributed by atoms with E-state index in [-0.39, 0.29) is 4.90 Å². The fourth-order valence-electron chi connectivity index (χ4n) is 4.71. The summed E-state index contributed by atoms with van der Waals surface area (Å²) in [6, 6.07) is 12.2. The summed E-state index contributed by atoms with van der Waals surface area (Å²) in [5, 5.41) is 0.473. The van der Waals surface area contributed by atoms with Gasteiger partial charge >= 0.3 is 0 Å². The molecule has 172 valence electrons. The summed E-state index contributed by atoms with van der Waals surface area (Å²) in [5.41, 5.74) is 3.06. The van der Waals surface area contributed by atoms with Crippen LogP contribution in [0.15, 0.2) is 47.4 Å². The zero-order chi connectivity index (χ0) is 23.2. The van der Waals surface area contributed by atoms with Gasteiger partial charge in [-0.3, -0.25) is 9.78 Å². The molecular weight excluding hydrogens is 440 g/mol. The van der Waals surface area contributed by atoms with E-state index >= 15 is 0 Å². The number of pyridine rings is 1. The number of carbonyl (C=O) groups is 1. The van der Waals surface area contributed by atoms with Crippen LogP contribution in [0.4, 0.5) is 0 Å². The lowest BCUT2D eigenvalue weighted by molar-refractivity contribution is -0.121. The van der Waals surface area contributed by atoms with E-state index in [4.69, 9.17) is 9.47 Å². The van der Waals surface area contributed by atoms with Crippen LogP contribution in [0.3, 0.4) is 0 Å². The van der Waals surface area contributed by atoms with Crippen molar-refractivity contribution in [3.8, 4) is 11.5 Å². The molecule has 0 radical (unpaired) electrons. The number of hydrogen-bond acceptors (Lipinski definition) is 6. The van der Waals surface area contributed by atoms with Crippen molar-refractivity contribution in [3.05, 3.63) is 59.3 Å². The van der Waals surface area contributed by atoms with Gasteiger partial charge in [0.25, 0.3) is 10.0 Å². The molecule has 3 aromatic rings. The van der Waals surface area contributed by atoms with E-state index in [1.165, 1.54) is 12.5 Å². The first kappa shape index (κ1) is 21.7. The number of carbonyl (C=O) groups excluding carboxylic acids is 1. The van der Waals surface area contributed by atoms with E-state index in [1.54, 1.807) is 31.4 Å². The number of aryl methyl sites for hydroxylation is 1. The van der Waals surface area contributed by atoms with Gasteiger partial charge in [0.05, 0.1) is 30.0 Å². The Kier molecular flexibility index (Phi) is 5.48.